The normalized spacial score (nSPS) is 11.3. The number of pyridine rings is 1. The van der Waals surface area contributed by atoms with Crippen molar-refractivity contribution in [1.82, 2.24) is 4.98 Å². The zero-order valence-electron chi connectivity index (χ0n) is 12.3. The Kier molecular flexibility index (Phi) is 4.99. The Morgan fingerprint density at radius 3 is 2.48 bits per heavy atom. The van der Waals surface area contributed by atoms with Gasteiger partial charge in [-0.05, 0) is 18.2 Å². The average Bonchev–Trinajstić information content (AvgIpc) is 2.54. The molecule has 0 amide bonds. The first-order valence-corrected chi connectivity index (χ1v) is 7.84. The number of ether oxygens (including phenoxy) is 2. The fourth-order valence-corrected chi connectivity index (χ4v) is 3.08. The molecule has 1 aromatic heterocycles. The zero-order chi connectivity index (χ0) is 17.0. The van der Waals surface area contributed by atoms with Crippen molar-refractivity contribution in [2.75, 3.05) is 18.5 Å². The van der Waals surface area contributed by atoms with Gasteiger partial charge in [0.05, 0.1) is 7.11 Å². The number of anilines is 1. The summed E-state index contributed by atoms with van der Waals surface area (Å²) in [5.41, 5.74) is 0. The molecule has 0 aliphatic carbocycles. The predicted octanol–water partition coefficient (Wildman–Crippen LogP) is 2.52. The smallest absolute Gasteiger partial charge is 0.387 e. The SMILES string of the molecule is COc1cccc(N(C)S(=O)(=O)c2ccccc2OC(F)F)n1. The van der Waals surface area contributed by atoms with E-state index in [-0.39, 0.29) is 16.6 Å². The summed E-state index contributed by atoms with van der Waals surface area (Å²) in [4.78, 5) is 3.63. The highest BCUT2D eigenvalue weighted by molar-refractivity contribution is 7.92. The van der Waals surface area contributed by atoms with Crippen LogP contribution in [0.5, 0.6) is 11.6 Å². The lowest BCUT2D eigenvalue weighted by molar-refractivity contribution is -0.0517. The number of hydrogen-bond donors (Lipinski definition) is 0. The lowest BCUT2D eigenvalue weighted by atomic mass is 10.3. The fraction of sp³-hybridized carbons (Fsp3) is 0.214. The van der Waals surface area contributed by atoms with Gasteiger partial charge in [-0.15, -0.1) is 0 Å². The van der Waals surface area contributed by atoms with Crippen LogP contribution in [-0.2, 0) is 10.0 Å². The van der Waals surface area contributed by atoms with Crippen LogP contribution in [0.4, 0.5) is 14.6 Å². The number of para-hydroxylation sites is 1. The van der Waals surface area contributed by atoms with E-state index in [1.807, 2.05) is 0 Å². The van der Waals surface area contributed by atoms with Crippen molar-refractivity contribution in [2.45, 2.75) is 11.5 Å². The number of methoxy groups -OCH3 is 1. The molecule has 0 aliphatic rings. The van der Waals surface area contributed by atoms with Gasteiger partial charge in [0.2, 0.25) is 5.88 Å². The Balaban J connectivity index is 2.45. The van der Waals surface area contributed by atoms with E-state index < -0.39 is 22.4 Å². The second-order valence-corrected chi connectivity index (χ2v) is 6.27. The number of halogens is 2. The quantitative estimate of drug-likeness (QED) is 0.805. The summed E-state index contributed by atoms with van der Waals surface area (Å²) in [5.74, 6) is -0.130. The first-order chi connectivity index (χ1) is 10.9. The van der Waals surface area contributed by atoms with Crippen molar-refractivity contribution in [3.8, 4) is 11.6 Å². The first kappa shape index (κ1) is 16.9. The van der Waals surface area contributed by atoms with Crippen LogP contribution in [-0.4, -0.2) is 34.2 Å². The van der Waals surface area contributed by atoms with Gasteiger partial charge in [0.25, 0.3) is 10.0 Å². The number of sulfonamides is 1. The van der Waals surface area contributed by atoms with Crippen molar-refractivity contribution in [3.63, 3.8) is 0 Å². The summed E-state index contributed by atoms with van der Waals surface area (Å²) in [7, 11) is -1.48. The Bertz CT molecular complexity index is 784. The Morgan fingerprint density at radius 1 is 1.13 bits per heavy atom. The van der Waals surface area contributed by atoms with Crippen LogP contribution in [0.1, 0.15) is 0 Å². The van der Waals surface area contributed by atoms with Crippen molar-refractivity contribution in [1.29, 1.82) is 0 Å². The Morgan fingerprint density at radius 2 is 1.83 bits per heavy atom. The van der Waals surface area contributed by atoms with Gasteiger partial charge in [0.1, 0.15) is 16.5 Å². The minimum atomic E-state index is -4.14. The minimum Gasteiger partial charge on any atom is -0.481 e. The van der Waals surface area contributed by atoms with Gasteiger partial charge in [-0.2, -0.15) is 13.8 Å². The van der Waals surface area contributed by atoms with Gasteiger partial charge >= 0.3 is 6.61 Å². The lowest BCUT2D eigenvalue weighted by Gasteiger charge is -2.20. The van der Waals surface area contributed by atoms with E-state index >= 15 is 0 Å². The molecule has 124 valence electrons. The largest absolute Gasteiger partial charge is 0.481 e. The summed E-state index contributed by atoms with van der Waals surface area (Å²) in [6, 6.07) is 9.73. The molecule has 23 heavy (non-hydrogen) atoms. The van der Waals surface area contributed by atoms with Gasteiger partial charge in [0, 0.05) is 13.1 Å². The summed E-state index contributed by atoms with van der Waals surface area (Å²) in [6.45, 7) is -3.13. The van der Waals surface area contributed by atoms with Crippen molar-refractivity contribution >= 4 is 15.8 Å². The highest BCUT2D eigenvalue weighted by Crippen LogP contribution is 2.29. The monoisotopic (exact) mass is 344 g/mol. The maximum absolute atomic E-state index is 12.7. The lowest BCUT2D eigenvalue weighted by Crippen LogP contribution is -2.28. The van der Waals surface area contributed by atoms with E-state index in [1.165, 1.54) is 38.4 Å². The number of benzene rings is 1. The van der Waals surface area contributed by atoms with Gasteiger partial charge in [-0.3, -0.25) is 4.31 Å². The molecule has 0 unspecified atom stereocenters. The summed E-state index contributed by atoms with van der Waals surface area (Å²) in [5, 5.41) is 0. The summed E-state index contributed by atoms with van der Waals surface area (Å²) in [6.07, 6.45) is 0. The van der Waals surface area contributed by atoms with Gasteiger partial charge < -0.3 is 9.47 Å². The van der Waals surface area contributed by atoms with Gasteiger partial charge in [0.15, 0.2) is 0 Å². The van der Waals surface area contributed by atoms with E-state index in [4.69, 9.17) is 4.74 Å². The molecular weight excluding hydrogens is 330 g/mol. The summed E-state index contributed by atoms with van der Waals surface area (Å²) >= 11 is 0. The molecular formula is C14H14F2N2O4S. The van der Waals surface area contributed by atoms with E-state index in [9.17, 15) is 17.2 Å². The molecule has 0 N–H and O–H groups in total. The van der Waals surface area contributed by atoms with Crippen molar-refractivity contribution in [2.24, 2.45) is 0 Å². The number of alkyl halides is 2. The first-order valence-electron chi connectivity index (χ1n) is 6.40. The maximum atomic E-state index is 12.7. The second kappa shape index (κ2) is 6.78. The van der Waals surface area contributed by atoms with Crippen LogP contribution in [0, 0.1) is 0 Å². The van der Waals surface area contributed by atoms with Crippen LogP contribution in [0.25, 0.3) is 0 Å². The molecule has 0 bridgehead atoms. The third-order valence-electron chi connectivity index (χ3n) is 2.94. The molecule has 1 aromatic carbocycles. The molecule has 1 heterocycles. The van der Waals surface area contributed by atoms with Crippen molar-refractivity contribution in [3.05, 3.63) is 42.5 Å². The minimum absolute atomic E-state index is 0.0798. The zero-order valence-corrected chi connectivity index (χ0v) is 13.1. The maximum Gasteiger partial charge on any atom is 0.387 e. The van der Waals surface area contributed by atoms with E-state index in [0.717, 1.165) is 10.4 Å². The molecule has 0 aliphatic heterocycles. The van der Waals surface area contributed by atoms with Crippen LogP contribution in [0.15, 0.2) is 47.4 Å². The number of hydrogen-bond acceptors (Lipinski definition) is 5. The predicted molar refractivity (Wildman–Crippen MR) is 79.5 cm³/mol. The summed E-state index contributed by atoms with van der Waals surface area (Å²) < 4.78 is 60.3. The van der Waals surface area contributed by atoms with Crippen LogP contribution in [0.3, 0.4) is 0 Å². The van der Waals surface area contributed by atoms with E-state index in [0.29, 0.717) is 0 Å². The molecule has 0 saturated heterocycles. The van der Waals surface area contributed by atoms with Crippen LogP contribution in [0.2, 0.25) is 0 Å². The van der Waals surface area contributed by atoms with Gasteiger partial charge in [-0.25, -0.2) is 8.42 Å². The van der Waals surface area contributed by atoms with Gasteiger partial charge in [-0.1, -0.05) is 18.2 Å². The number of rotatable bonds is 6. The van der Waals surface area contributed by atoms with Crippen molar-refractivity contribution < 1.29 is 26.7 Å². The highest BCUT2D eigenvalue weighted by Gasteiger charge is 2.27. The third-order valence-corrected chi connectivity index (χ3v) is 4.75. The van der Waals surface area contributed by atoms with Crippen LogP contribution < -0.4 is 13.8 Å². The standard InChI is InChI=1S/C14H14F2N2O4S/c1-18(12-8-5-9-13(17-12)21-2)23(19,20)11-7-4-3-6-10(11)22-14(15)16/h3-9,14H,1-2H3. The molecule has 0 atom stereocenters. The topological polar surface area (TPSA) is 68.7 Å². The average molecular weight is 344 g/mol. The molecule has 6 nitrogen and oxygen atoms in total. The number of aromatic nitrogens is 1. The molecule has 9 heteroatoms. The molecule has 0 spiro atoms. The second-order valence-electron chi connectivity index (χ2n) is 4.34. The van der Waals surface area contributed by atoms with Crippen LogP contribution >= 0.6 is 0 Å². The molecule has 0 fully saturated rings. The van der Waals surface area contributed by atoms with E-state index in [1.54, 1.807) is 12.1 Å². The molecule has 0 saturated carbocycles. The van der Waals surface area contributed by atoms with E-state index in [2.05, 4.69) is 9.72 Å². The highest BCUT2D eigenvalue weighted by atomic mass is 32.2. The third kappa shape index (κ3) is 3.67. The Labute approximate surface area is 132 Å². The number of nitrogens with zero attached hydrogens (tertiary/aromatic N) is 2. The molecule has 2 rings (SSSR count). The fourth-order valence-electron chi connectivity index (χ4n) is 1.82. The molecule has 2 aromatic rings. The molecule has 0 radical (unpaired) electrons. The Hall–Kier alpha value is -2.42.